The van der Waals surface area contributed by atoms with E-state index in [0.717, 1.165) is 29.0 Å². The first-order chi connectivity index (χ1) is 17.4. The molecule has 37 heavy (non-hydrogen) atoms. The summed E-state index contributed by atoms with van der Waals surface area (Å²) in [6.07, 6.45) is -0.933. The number of aromatic nitrogens is 5. The van der Waals surface area contributed by atoms with Crippen molar-refractivity contribution in [3.05, 3.63) is 81.8 Å². The maximum atomic E-state index is 13.4. The molecule has 1 atom stereocenters. The number of anilines is 2. The Labute approximate surface area is 209 Å². The van der Waals surface area contributed by atoms with E-state index in [1.165, 1.54) is 16.7 Å². The van der Waals surface area contributed by atoms with Crippen molar-refractivity contribution in [2.75, 3.05) is 11.1 Å². The molecule has 5 rings (SSSR count). The second kappa shape index (κ2) is 8.61. The van der Waals surface area contributed by atoms with Gasteiger partial charge in [0.15, 0.2) is 5.65 Å². The summed E-state index contributed by atoms with van der Waals surface area (Å²) >= 11 is 0. The SMILES string of the molecule is Cc1cn2c(n1)c(-c1ccc(=O)n(C)c1)cc1c(N[C@H](C)c3cc(N)cc(C(F)(F)F)c3)nc(C)nc12. The van der Waals surface area contributed by atoms with Crippen LogP contribution in [0.25, 0.3) is 27.8 Å². The van der Waals surface area contributed by atoms with Crippen LogP contribution < -0.4 is 16.6 Å². The molecule has 5 aromatic rings. The Morgan fingerprint density at radius 3 is 2.46 bits per heavy atom. The highest BCUT2D eigenvalue weighted by molar-refractivity contribution is 5.95. The number of alkyl halides is 3. The minimum Gasteiger partial charge on any atom is -0.399 e. The molecule has 0 unspecified atom stereocenters. The van der Waals surface area contributed by atoms with Gasteiger partial charge in [-0.15, -0.1) is 0 Å². The predicted molar refractivity (Wildman–Crippen MR) is 136 cm³/mol. The minimum absolute atomic E-state index is 0.0229. The zero-order valence-electron chi connectivity index (χ0n) is 20.6. The van der Waals surface area contributed by atoms with Crippen molar-refractivity contribution < 1.29 is 13.2 Å². The van der Waals surface area contributed by atoms with Crippen molar-refractivity contribution in [1.82, 2.24) is 23.9 Å². The van der Waals surface area contributed by atoms with Crippen molar-refractivity contribution in [2.24, 2.45) is 7.05 Å². The van der Waals surface area contributed by atoms with Crippen LogP contribution in [0, 0.1) is 13.8 Å². The summed E-state index contributed by atoms with van der Waals surface area (Å²) in [7, 11) is 1.67. The lowest BCUT2D eigenvalue weighted by molar-refractivity contribution is -0.137. The highest BCUT2D eigenvalue weighted by Gasteiger charge is 2.31. The van der Waals surface area contributed by atoms with Crippen LogP contribution in [-0.2, 0) is 13.2 Å². The molecule has 0 saturated heterocycles. The van der Waals surface area contributed by atoms with Crippen LogP contribution in [0.4, 0.5) is 24.7 Å². The van der Waals surface area contributed by atoms with Crippen LogP contribution in [0.1, 0.15) is 35.6 Å². The lowest BCUT2D eigenvalue weighted by atomic mass is 10.0. The van der Waals surface area contributed by atoms with Crippen LogP contribution >= 0.6 is 0 Å². The Bertz CT molecular complexity index is 1740. The van der Waals surface area contributed by atoms with Gasteiger partial charge in [-0.05, 0) is 56.7 Å². The number of imidazole rings is 1. The standard InChI is InChI=1S/C26H24F3N7O/c1-13-11-36-24(31-13)20(16-5-6-22(37)35(4)12-16)10-21-23(33-15(3)34-25(21)36)32-14(2)17-7-18(26(27,28)29)9-19(30)8-17/h5-12,14H,30H2,1-4H3,(H,32,33,34)/t14-/m1/s1. The molecule has 0 bridgehead atoms. The average molecular weight is 508 g/mol. The Hall–Kier alpha value is -4.41. The van der Waals surface area contributed by atoms with Crippen LogP contribution in [0.3, 0.4) is 0 Å². The van der Waals surface area contributed by atoms with Gasteiger partial charge in [-0.1, -0.05) is 0 Å². The maximum Gasteiger partial charge on any atom is 0.416 e. The molecular weight excluding hydrogens is 483 g/mol. The molecular formula is C26H24F3N7O. The summed E-state index contributed by atoms with van der Waals surface area (Å²) in [6, 6.07) is 8.04. The number of nitrogens with two attached hydrogens (primary N) is 1. The maximum absolute atomic E-state index is 13.4. The predicted octanol–water partition coefficient (Wildman–Crippen LogP) is 5.03. The van der Waals surface area contributed by atoms with Gasteiger partial charge in [0.1, 0.15) is 17.3 Å². The van der Waals surface area contributed by atoms with Crippen molar-refractivity contribution in [2.45, 2.75) is 33.0 Å². The fourth-order valence-electron chi connectivity index (χ4n) is 4.40. The number of nitrogen functional groups attached to an aromatic ring is 1. The fourth-order valence-corrected chi connectivity index (χ4v) is 4.40. The topological polar surface area (TPSA) is 103 Å². The Kier molecular flexibility index (Phi) is 5.65. The monoisotopic (exact) mass is 507 g/mol. The van der Waals surface area contributed by atoms with Crippen molar-refractivity contribution >= 4 is 28.2 Å². The van der Waals surface area contributed by atoms with Gasteiger partial charge in [-0.3, -0.25) is 9.20 Å². The van der Waals surface area contributed by atoms with E-state index in [1.807, 2.05) is 23.6 Å². The van der Waals surface area contributed by atoms with Crippen molar-refractivity contribution in [3.8, 4) is 11.1 Å². The Morgan fingerprint density at radius 2 is 1.76 bits per heavy atom. The van der Waals surface area contributed by atoms with Crippen LogP contribution in [0.5, 0.6) is 0 Å². The van der Waals surface area contributed by atoms with E-state index >= 15 is 0 Å². The summed E-state index contributed by atoms with van der Waals surface area (Å²) in [5, 5.41) is 3.90. The number of aryl methyl sites for hydroxylation is 3. The number of rotatable bonds is 4. The van der Waals surface area contributed by atoms with Gasteiger partial charge >= 0.3 is 6.18 Å². The summed E-state index contributed by atoms with van der Waals surface area (Å²) < 4.78 is 43.5. The zero-order valence-corrected chi connectivity index (χ0v) is 20.6. The number of pyridine rings is 2. The molecule has 0 aliphatic carbocycles. The van der Waals surface area contributed by atoms with Gasteiger partial charge in [0.25, 0.3) is 0 Å². The number of hydrogen-bond donors (Lipinski definition) is 2. The first kappa shape index (κ1) is 24.3. The average Bonchev–Trinajstić information content (AvgIpc) is 3.21. The molecule has 0 saturated carbocycles. The summed E-state index contributed by atoms with van der Waals surface area (Å²) in [5.74, 6) is 0.929. The molecule has 0 aliphatic heterocycles. The first-order valence-electron chi connectivity index (χ1n) is 11.5. The molecule has 0 amide bonds. The Balaban J connectivity index is 1.69. The molecule has 0 radical (unpaired) electrons. The van der Waals surface area contributed by atoms with Crippen LogP contribution in [-0.4, -0.2) is 23.9 Å². The molecule has 11 heteroatoms. The van der Waals surface area contributed by atoms with Crippen LogP contribution in [0.15, 0.2) is 53.6 Å². The van der Waals surface area contributed by atoms with E-state index in [4.69, 9.17) is 5.73 Å². The summed E-state index contributed by atoms with van der Waals surface area (Å²) in [4.78, 5) is 25.9. The summed E-state index contributed by atoms with van der Waals surface area (Å²) in [6.45, 7) is 5.36. The lowest BCUT2D eigenvalue weighted by Gasteiger charge is -2.19. The minimum atomic E-state index is -4.52. The highest BCUT2D eigenvalue weighted by Crippen LogP contribution is 2.35. The number of benzene rings is 1. The number of fused-ring (bicyclic) bond motifs is 3. The van der Waals surface area contributed by atoms with Gasteiger partial charge in [0.2, 0.25) is 5.56 Å². The smallest absolute Gasteiger partial charge is 0.399 e. The van der Waals surface area contributed by atoms with Gasteiger partial charge in [-0.2, -0.15) is 13.2 Å². The molecule has 4 aromatic heterocycles. The van der Waals surface area contributed by atoms with E-state index in [0.29, 0.717) is 33.9 Å². The quantitative estimate of drug-likeness (QED) is 0.331. The third-order valence-corrected chi connectivity index (χ3v) is 6.18. The molecule has 190 valence electrons. The molecule has 4 heterocycles. The normalized spacial score (nSPS) is 12.8. The summed E-state index contributed by atoms with van der Waals surface area (Å²) in [5.41, 5.74) is 8.77. The van der Waals surface area contributed by atoms with Gasteiger partial charge in [-0.25, -0.2) is 15.0 Å². The van der Waals surface area contributed by atoms with Gasteiger partial charge in [0, 0.05) is 42.3 Å². The third kappa shape index (κ3) is 4.48. The lowest BCUT2D eigenvalue weighted by Crippen LogP contribution is -2.14. The largest absolute Gasteiger partial charge is 0.416 e. The van der Waals surface area contributed by atoms with Crippen LogP contribution in [0.2, 0.25) is 0 Å². The number of nitrogens with one attached hydrogen (secondary N) is 1. The second-order valence-corrected chi connectivity index (χ2v) is 9.11. The van der Waals surface area contributed by atoms with Gasteiger partial charge < -0.3 is 15.6 Å². The zero-order chi connectivity index (χ0) is 26.6. The van der Waals surface area contributed by atoms with E-state index in [-0.39, 0.29) is 11.2 Å². The second-order valence-electron chi connectivity index (χ2n) is 9.11. The third-order valence-electron chi connectivity index (χ3n) is 6.18. The molecule has 1 aromatic carbocycles. The number of hydrogen-bond acceptors (Lipinski definition) is 6. The van der Waals surface area contributed by atoms with Gasteiger partial charge in [0.05, 0.1) is 22.7 Å². The Morgan fingerprint density at radius 1 is 1.00 bits per heavy atom. The fraction of sp³-hybridized carbons (Fsp3) is 0.231. The van der Waals surface area contributed by atoms with E-state index in [9.17, 15) is 18.0 Å². The molecule has 0 aliphatic rings. The highest BCUT2D eigenvalue weighted by atomic mass is 19.4. The number of halogens is 3. The molecule has 3 N–H and O–H groups in total. The van der Waals surface area contributed by atoms with E-state index in [2.05, 4.69) is 20.3 Å². The van der Waals surface area contributed by atoms with Crippen molar-refractivity contribution in [3.63, 3.8) is 0 Å². The molecule has 8 nitrogen and oxygen atoms in total. The molecule has 0 fully saturated rings. The number of nitrogens with zero attached hydrogens (tertiary/aromatic N) is 5. The van der Waals surface area contributed by atoms with E-state index in [1.54, 1.807) is 33.2 Å². The molecule has 0 spiro atoms. The van der Waals surface area contributed by atoms with Crippen molar-refractivity contribution in [1.29, 1.82) is 0 Å². The van der Waals surface area contributed by atoms with E-state index < -0.39 is 17.8 Å². The first-order valence-corrected chi connectivity index (χ1v) is 11.5.